The number of nitrogens with two attached hydrogens (primary N) is 1. The van der Waals surface area contributed by atoms with Gasteiger partial charge in [-0.3, -0.25) is 0 Å². The van der Waals surface area contributed by atoms with Gasteiger partial charge in [0.25, 0.3) is 0 Å². The molecular formula is C23H36N6O. The zero-order valence-electron chi connectivity index (χ0n) is 18.3. The van der Waals surface area contributed by atoms with Gasteiger partial charge in [-0.2, -0.15) is 0 Å². The summed E-state index contributed by atoms with van der Waals surface area (Å²) in [6.07, 6.45) is 12.0. The molecule has 30 heavy (non-hydrogen) atoms. The maximum Gasteiger partial charge on any atom is 0.312 e. The molecule has 0 radical (unpaired) electrons. The molecule has 4 N–H and O–H groups in total. The highest BCUT2D eigenvalue weighted by Gasteiger charge is 2.55. The van der Waals surface area contributed by atoms with Crippen molar-refractivity contribution in [1.29, 1.82) is 0 Å². The van der Waals surface area contributed by atoms with Gasteiger partial charge in [0.1, 0.15) is 0 Å². The topological polar surface area (TPSA) is 96.2 Å². The molecule has 7 heteroatoms. The van der Waals surface area contributed by atoms with E-state index in [0.717, 1.165) is 61.7 Å². The number of nitrogens with zero attached hydrogens (tertiary/aromatic N) is 3. The van der Waals surface area contributed by atoms with Gasteiger partial charge in [-0.25, -0.2) is 14.8 Å². The van der Waals surface area contributed by atoms with Crippen LogP contribution in [0.3, 0.4) is 0 Å². The lowest BCUT2D eigenvalue weighted by molar-refractivity contribution is -0.0232. The zero-order chi connectivity index (χ0) is 20.9. The molecule has 2 amide bonds. The van der Waals surface area contributed by atoms with Crippen molar-refractivity contribution in [3.8, 4) is 0 Å². The number of anilines is 2. The number of urea groups is 1. The molecule has 6 rings (SSSR count). The van der Waals surface area contributed by atoms with E-state index >= 15 is 0 Å². The zero-order valence-corrected chi connectivity index (χ0v) is 18.3. The van der Waals surface area contributed by atoms with Crippen molar-refractivity contribution in [1.82, 2.24) is 15.3 Å². The fourth-order valence-electron chi connectivity index (χ4n) is 7.19. The van der Waals surface area contributed by atoms with Gasteiger partial charge < -0.3 is 21.3 Å². The van der Waals surface area contributed by atoms with Crippen LogP contribution in [0.2, 0.25) is 0 Å². The number of aromatic nitrogens is 2. The summed E-state index contributed by atoms with van der Waals surface area (Å²) < 4.78 is 0. The predicted octanol–water partition coefficient (Wildman–Crippen LogP) is 3.38. The third-order valence-electron chi connectivity index (χ3n) is 8.40. The third kappa shape index (κ3) is 3.71. The Morgan fingerprint density at radius 3 is 2.33 bits per heavy atom. The number of carbonyl (C=O) groups excluding carboxylic acids is 1. The molecule has 2 unspecified atom stereocenters. The van der Waals surface area contributed by atoms with Crippen molar-refractivity contribution in [2.45, 2.75) is 70.4 Å². The van der Waals surface area contributed by atoms with E-state index in [1.807, 2.05) is 12.4 Å². The van der Waals surface area contributed by atoms with E-state index < -0.39 is 0 Å². The lowest BCUT2D eigenvalue weighted by atomic mass is 9.51. The first kappa shape index (κ1) is 19.9. The average molecular weight is 413 g/mol. The molecule has 2 atom stereocenters. The lowest BCUT2D eigenvalue weighted by Crippen LogP contribution is -2.65. The van der Waals surface area contributed by atoms with Crippen molar-refractivity contribution in [3.05, 3.63) is 12.4 Å². The Morgan fingerprint density at radius 1 is 1.13 bits per heavy atom. The smallest absolute Gasteiger partial charge is 0.312 e. The molecule has 1 aromatic heterocycles. The number of hydrogen-bond acceptors (Lipinski definition) is 5. The second kappa shape index (κ2) is 7.57. The highest BCUT2D eigenvalue weighted by molar-refractivity contribution is 5.72. The first-order valence-electron chi connectivity index (χ1n) is 11.8. The maximum absolute atomic E-state index is 11.5. The Balaban J connectivity index is 1.22. The fourth-order valence-corrected chi connectivity index (χ4v) is 7.19. The van der Waals surface area contributed by atoms with Gasteiger partial charge in [-0.1, -0.05) is 13.8 Å². The highest BCUT2D eigenvalue weighted by Crippen LogP contribution is 2.56. The van der Waals surface area contributed by atoms with Crippen LogP contribution >= 0.6 is 0 Å². The summed E-state index contributed by atoms with van der Waals surface area (Å²) >= 11 is 0. The van der Waals surface area contributed by atoms with Crippen molar-refractivity contribution in [3.63, 3.8) is 0 Å². The number of nitrogens with one attached hydrogen (secondary N) is 2. The van der Waals surface area contributed by atoms with Crippen LogP contribution in [-0.4, -0.2) is 40.7 Å². The van der Waals surface area contributed by atoms with Gasteiger partial charge in [0.15, 0.2) is 0 Å². The Bertz CT molecular complexity index is 756. The standard InChI is InChI=1S/C23H36N6O/c1-14(2)16-3-5-29(6-4-16)22-25-12-19(13-26-22)27-20-17-7-15-8-18(20)11-23(9-15,10-17)28-21(24)30/h12-18,20,27H,3-11H2,1-2H3,(H3,24,28,30). The number of rotatable bonds is 5. The number of carbonyl (C=O) groups is 1. The van der Waals surface area contributed by atoms with Crippen LogP contribution in [0.15, 0.2) is 12.4 Å². The fraction of sp³-hybridized carbons (Fsp3) is 0.783. The second-order valence-corrected chi connectivity index (χ2v) is 10.7. The van der Waals surface area contributed by atoms with Crippen LogP contribution in [0, 0.1) is 29.6 Å². The summed E-state index contributed by atoms with van der Waals surface area (Å²) in [5, 5.41) is 6.87. The van der Waals surface area contributed by atoms with Crippen LogP contribution in [0.4, 0.5) is 16.4 Å². The lowest BCUT2D eigenvalue weighted by Gasteiger charge is -2.60. The number of hydrogen-bond donors (Lipinski definition) is 3. The van der Waals surface area contributed by atoms with Gasteiger partial charge in [-0.05, 0) is 74.5 Å². The normalized spacial score (nSPS) is 35.6. The molecule has 7 nitrogen and oxygen atoms in total. The molecule has 1 saturated heterocycles. The number of piperidine rings is 1. The summed E-state index contributed by atoms with van der Waals surface area (Å²) in [6.45, 7) is 6.76. The number of amides is 2. The van der Waals surface area contributed by atoms with Crippen LogP contribution < -0.4 is 21.3 Å². The van der Waals surface area contributed by atoms with Crippen molar-refractivity contribution in [2.24, 2.45) is 35.3 Å². The monoisotopic (exact) mass is 412 g/mol. The first-order chi connectivity index (χ1) is 14.4. The molecule has 4 saturated carbocycles. The Kier molecular flexibility index (Phi) is 5.02. The van der Waals surface area contributed by atoms with E-state index in [1.165, 1.54) is 25.7 Å². The van der Waals surface area contributed by atoms with Gasteiger partial charge >= 0.3 is 6.03 Å². The minimum absolute atomic E-state index is 0.0665. The van der Waals surface area contributed by atoms with Crippen molar-refractivity contribution >= 4 is 17.7 Å². The van der Waals surface area contributed by atoms with Crippen molar-refractivity contribution < 1.29 is 4.79 Å². The first-order valence-corrected chi connectivity index (χ1v) is 11.8. The molecule has 5 aliphatic rings. The summed E-state index contributed by atoms with van der Waals surface area (Å²) in [4.78, 5) is 23.2. The summed E-state index contributed by atoms with van der Waals surface area (Å²) in [5.74, 6) is 4.33. The summed E-state index contributed by atoms with van der Waals surface area (Å²) in [7, 11) is 0. The largest absolute Gasteiger partial charge is 0.379 e. The molecule has 1 aliphatic heterocycles. The van der Waals surface area contributed by atoms with E-state index in [9.17, 15) is 4.79 Å². The molecule has 1 aromatic rings. The Hall–Kier alpha value is -2.05. The molecular weight excluding hydrogens is 376 g/mol. The molecule has 0 spiro atoms. The third-order valence-corrected chi connectivity index (χ3v) is 8.40. The second-order valence-electron chi connectivity index (χ2n) is 10.7. The Morgan fingerprint density at radius 2 is 1.77 bits per heavy atom. The SMILES string of the molecule is CC(C)C1CCN(c2ncc(NC3C4CC5CC3CC(NC(N)=O)(C5)C4)cn2)CC1. The van der Waals surface area contributed by atoms with Gasteiger partial charge in [0, 0.05) is 24.7 Å². The summed E-state index contributed by atoms with van der Waals surface area (Å²) in [6, 6.07) is 0.0727. The van der Waals surface area contributed by atoms with Gasteiger partial charge in [0.05, 0.1) is 18.1 Å². The molecule has 5 fully saturated rings. The number of primary amides is 1. The van der Waals surface area contributed by atoms with E-state index in [2.05, 4.69) is 39.3 Å². The van der Waals surface area contributed by atoms with Crippen LogP contribution in [-0.2, 0) is 0 Å². The van der Waals surface area contributed by atoms with Gasteiger partial charge in [0.2, 0.25) is 5.95 Å². The van der Waals surface area contributed by atoms with Gasteiger partial charge in [-0.15, -0.1) is 0 Å². The van der Waals surface area contributed by atoms with E-state index in [0.29, 0.717) is 17.9 Å². The molecule has 2 heterocycles. The van der Waals surface area contributed by atoms with Crippen LogP contribution in [0.1, 0.15) is 58.8 Å². The minimum Gasteiger partial charge on any atom is -0.379 e. The predicted molar refractivity (Wildman–Crippen MR) is 118 cm³/mol. The summed E-state index contributed by atoms with van der Waals surface area (Å²) in [5.41, 5.74) is 6.44. The highest BCUT2D eigenvalue weighted by atomic mass is 16.2. The van der Waals surface area contributed by atoms with E-state index in [1.54, 1.807) is 0 Å². The van der Waals surface area contributed by atoms with Crippen molar-refractivity contribution in [2.75, 3.05) is 23.3 Å². The van der Waals surface area contributed by atoms with E-state index in [4.69, 9.17) is 5.73 Å². The maximum atomic E-state index is 11.5. The van der Waals surface area contributed by atoms with Crippen LogP contribution in [0.5, 0.6) is 0 Å². The molecule has 4 aliphatic carbocycles. The molecule has 4 bridgehead atoms. The van der Waals surface area contributed by atoms with Crippen LogP contribution in [0.25, 0.3) is 0 Å². The molecule has 164 valence electrons. The Labute approximate surface area is 179 Å². The minimum atomic E-state index is -0.372. The molecule has 0 aromatic carbocycles. The average Bonchev–Trinajstić information content (AvgIpc) is 2.70. The quantitative estimate of drug-likeness (QED) is 0.689. The van der Waals surface area contributed by atoms with E-state index in [-0.39, 0.29) is 11.6 Å².